The third kappa shape index (κ3) is 5.03. The summed E-state index contributed by atoms with van der Waals surface area (Å²) in [5.74, 6) is -0.155. The van der Waals surface area contributed by atoms with Gasteiger partial charge in [-0.1, -0.05) is 71.9 Å². The van der Waals surface area contributed by atoms with Gasteiger partial charge in [-0.25, -0.2) is 4.98 Å². The number of carbonyl (C=O) groups is 1. The molecule has 34 heavy (non-hydrogen) atoms. The van der Waals surface area contributed by atoms with E-state index in [2.05, 4.69) is 6.07 Å². The smallest absolute Gasteiger partial charge is 0.269 e. The van der Waals surface area contributed by atoms with E-state index in [1.807, 2.05) is 67.6 Å². The molecule has 1 aromatic heterocycles. The summed E-state index contributed by atoms with van der Waals surface area (Å²) in [6, 6.07) is 27.3. The molecule has 166 valence electrons. The fourth-order valence-corrected chi connectivity index (χ4v) is 4.34. The summed E-state index contributed by atoms with van der Waals surface area (Å²) in [4.78, 5) is 27.8. The number of ketones is 1. The van der Waals surface area contributed by atoms with Crippen molar-refractivity contribution in [2.24, 2.45) is 0 Å². The van der Waals surface area contributed by atoms with E-state index in [0.717, 1.165) is 22.3 Å². The molecule has 0 fully saturated rings. The quantitative estimate of drug-likeness (QED) is 0.134. The summed E-state index contributed by atoms with van der Waals surface area (Å²) in [5.41, 5.74) is 5.08. The number of pyridine rings is 1. The van der Waals surface area contributed by atoms with Gasteiger partial charge < -0.3 is 0 Å². The van der Waals surface area contributed by atoms with Crippen molar-refractivity contribution < 1.29 is 9.72 Å². The molecule has 0 saturated heterocycles. The van der Waals surface area contributed by atoms with Crippen molar-refractivity contribution in [1.29, 1.82) is 5.26 Å². The summed E-state index contributed by atoms with van der Waals surface area (Å²) in [5, 5.41) is 21.3. The van der Waals surface area contributed by atoms with Gasteiger partial charge in [-0.05, 0) is 30.7 Å². The predicted octanol–water partition coefficient (Wildman–Crippen LogP) is 6.48. The van der Waals surface area contributed by atoms with Crippen molar-refractivity contribution in [1.82, 2.24) is 4.98 Å². The van der Waals surface area contributed by atoms with Crippen molar-refractivity contribution in [3.8, 4) is 28.5 Å². The number of hydrogen-bond acceptors (Lipinski definition) is 6. The largest absolute Gasteiger partial charge is 0.293 e. The first kappa shape index (κ1) is 22.9. The second-order valence-electron chi connectivity index (χ2n) is 7.59. The normalized spacial score (nSPS) is 10.5. The van der Waals surface area contributed by atoms with Crippen LogP contribution < -0.4 is 0 Å². The summed E-state index contributed by atoms with van der Waals surface area (Å²) < 4.78 is 0. The molecule has 0 aliphatic carbocycles. The van der Waals surface area contributed by atoms with Crippen molar-refractivity contribution in [3.63, 3.8) is 0 Å². The van der Waals surface area contributed by atoms with Gasteiger partial charge in [-0.2, -0.15) is 5.26 Å². The van der Waals surface area contributed by atoms with Crippen molar-refractivity contribution in [3.05, 3.63) is 112 Å². The maximum Gasteiger partial charge on any atom is 0.269 e. The summed E-state index contributed by atoms with van der Waals surface area (Å²) in [6.45, 7) is 2.00. The van der Waals surface area contributed by atoms with Crippen LogP contribution in [-0.4, -0.2) is 21.4 Å². The highest BCUT2D eigenvalue weighted by Gasteiger charge is 2.18. The summed E-state index contributed by atoms with van der Waals surface area (Å²) in [6.07, 6.45) is 0. The van der Waals surface area contributed by atoms with Gasteiger partial charge in [0.05, 0.1) is 21.9 Å². The Morgan fingerprint density at radius 3 is 2.29 bits per heavy atom. The zero-order valence-electron chi connectivity index (χ0n) is 18.3. The highest BCUT2D eigenvalue weighted by Crippen LogP contribution is 2.34. The Morgan fingerprint density at radius 1 is 1.00 bits per heavy atom. The molecular weight excluding hydrogens is 446 g/mol. The number of nitro groups is 1. The molecular formula is C27H19N3O3S. The third-order valence-electron chi connectivity index (χ3n) is 5.27. The lowest BCUT2D eigenvalue weighted by molar-refractivity contribution is -0.384. The number of benzene rings is 3. The first-order valence-corrected chi connectivity index (χ1v) is 11.4. The number of thioether (sulfide) groups is 1. The average Bonchev–Trinajstić information content (AvgIpc) is 2.87. The highest BCUT2D eigenvalue weighted by molar-refractivity contribution is 8.00. The molecule has 4 aromatic rings. The lowest BCUT2D eigenvalue weighted by atomic mass is 9.98. The third-order valence-corrected chi connectivity index (χ3v) is 6.25. The van der Waals surface area contributed by atoms with Gasteiger partial charge in [-0.3, -0.25) is 14.9 Å². The maximum absolute atomic E-state index is 12.7. The van der Waals surface area contributed by atoms with Crippen LogP contribution in [-0.2, 0) is 0 Å². The van der Waals surface area contributed by atoms with E-state index in [1.165, 1.54) is 36.0 Å². The van der Waals surface area contributed by atoms with Gasteiger partial charge in [0.2, 0.25) is 0 Å². The standard InChI is InChI=1S/C27H19N3O3S/c1-18-7-9-19(10-8-18)23-15-25(20-5-3-2-4-6-20)29-27(24(23)16-28)34-17-26(31)21-11-13-22(14-12-21)30(32)33/h2-15H,17H2,1H3. The SMILES string of the molecule is Cc1ccc(-c2cc(-c3ccccc3)nc(SCC(=O)c3ccc([N+](=O)[O-])cc3)c2C#N)cc1. The van der Waals surface area contributed by atoms with E-state index < -0.39 is 4.92 Å². The zero-order chi connectivity index (χ0) is 24.1. The van der Waals surface area contributed by atoms with Gasteiger partial charge in [0.25, 0.3) is 5.69 Å². The van der Waals surface area contributed by atoms with Crippen LogP contribution in [0.25, 0.3) is 22.4 Å². The number of aryl methyl sites for hydroxylation is 1. The Balaban J connectivity index is 1.71. The Labute approximate surface area is 201 Å². The first-order valence-electron chi connectivity index (χ1n) is 10.4. The van der Waals surface area contributed by atoms with Gasteiger partial charge in [-0.15, -0.1) is 0 Å². The maximum atomic E-state index is 12.7. The number of hydrogen-bond donors (Lipinski definition) is 0. The van der Waals surface area contributed by atoms with Crippen LogP contribution in [0.4, 0.5) is 5.69 Å². The molecule has 7 heteroatoms. The van der Waals surface area contributed by atoms with E-state index in [9.17, 15) is 20.2 Å². The van der Waals surface area contributed by atoms with E-state index >= 15 is 0 Å². The molecule has 0 aliphatic heterocycles. The molecule has 1 heterocycles. The minimum absolute atomic E-state index is 0.0467. The Bertz CT molecular complexity index is 1390. The molecule has 0 amide bonds. The monoisotopic (exact) mass is 465 g/mol. The van der Waals surface area contributed by atoms with Crippen LogP contribution in [0.2, 0.25) is 0 Å². The minimum Gasteiger partial charge on any atom is -0.293 e. The lowest BCUT2D eigenvalue weighted by Crippen LogP contribution is -2.04. The van der Waals surface area contributed by atoms with Crippen molar-refractivity contribution in [2.45, 2.75) is 11.9 Å². The van der Waals surface area contributed by atoms with Gasteiger partial charge in [0.15, 0.2) is 5.78 Å². The molecule has 0 saturated carbocycles. The molecule has 4 rings (SSSR count). The van der Waals surface area contributed by atoms with E-state index in [-0.39, 0.29) is 17.2 Å². The fraction of sp³-hybridized carbons (Fsp3) is 0.0741. The molecule has 0 unspecified atom stereocenters. The van der Waals surface area contributed by atoms with E-state index in [4.69, 9.17) is 4.98 Å². The molecule has 0 atom stereocenters. The minimum atomic E-state index is -0.506. The second-order valence-corrected chi connectivity index (χ2v) is 8.56. The summed E-state index contributed by atoms with van der Waals surface area (Å²) >= 11 is 1.19. The summed E-state index contributed by atoms with van der Waals surface area (Å²) in [7, 11) is 0. The molecule has 0 spiro atoms. The average molecular weight is 466 g/mol. The van der Waals surface area contributed by atoms with E-state index in [0.29, 0.717) is 21.8 Å². The topological polar surface area (TPSA) is 96.9 Å². The van der Waals surface area contributed by atoms with Crippen LogP contribution in [0.3, 0.4) is 0 Å². The zero-order valence-corrected chi connectivity index (χ0v) is 19.1. The fourth-order valence-electron chi connectivity index (χ4n) is 3.44. The molecule has 0 aliphatic rings. The van der Waals surface area contributed by atoms with Crippen LogP contribution in [0.15, 0.2) is 90.0 Å². The Kier molecular flexibility index (Phi) is 6.81. The van der Waals surface area contributed by atoms with Crippen molar-refractivity contribution in [2.75, 3.05) is 5.75 Å². The molecule has 6 nitrogen and oxygen atoms in total. The van der Waals surface area contributed by atoms with Crippen molar-refractivity contribution >= 4 is 23.2 Å². The van der Waals surface area contributed by atoms with Crippen LogP contribution in [0.5, 0.6) is 0 Å². The number of carbonyl (C=O) groups excluding carboxylic acids is 1. The Hall–Kier alpha value is -4.28. The molecule has 0 radical (unpaired) electrons. The number of non-ortho nitro benzene ring substituents is 1. The molecule has 0 bridgehead atoms. The predicted molar refractivity (Wildman–Crippen MR) is 133 cm³/mol. The number of rotatable bonds is 7. The lowest BCUT2D eigenvalue weighted by Gasteiger charge is -2.13. The second kappa shape index (κ2) is 10.1. The number of Topliss-reactive ketones (excluding diaryl/α,β-unsaturated/α-hetero) is 1. The number of aromatic nitrogens is 1. The van der Waals surface area contributed by atoms with Gasteiger partial charge in [0.1, 0.15) is 11.1 Å². The first-order chi connectivity index (χ1) is 16.5. The number of nitro benzene ring substituents is 1. The van der Waals surface area contributed by atoms with Gasteiger partial charge in [0, 0.05) is 28.8 Å². The molecule has 0 N–H and O–H groups in total. The van der Waals surface area contributed by atoms with Crippen LogP contribution >= 0.6 is 11.8 Å². The highest BCUT2D eigenvalue weighted by atomic mass is 32.2. The van der Waals surface area contributed by atoms with Gasteiger partial charge >= 0.3 is 0 Å². The van der Waals surface area contributed by atoms with Crippen LogP contribution in [0.1, 0.15) is 21.5 Å². The van der Waals surface area contributed by atoms with Crippen LogP contribution in [0, 0.1) is 28.4 Å². The Morgan fingerprint density at radius 2 is 1.68 bits per heavy atom. The number of nitrogens with zero attached hydrogens (tertiary/aromatic N) is 3. The number of nitriles is 1. The molecule has 3 aromatic carbocycles. The van der Waals surface area contributed by atoms with E-state index in [1.54, 1.807) is 0 Å².